The minimum atomic E-state index is -0.509. The molecule has 17 heavy (non-hydrogen) atoms. The molecular formula is C10H14N2O5. The van der Waals surface area contributed by atoms with Gasteiger partial charge in [-0.25, -0.2) is 4.79 Å². The molecule has 3 N–H and O–H groups in total. The van der Waals surface area contributed by atoms with Crippen molar-refractivity contribution in [3.8, 4) is 0 Å². The fourth-order valence-electron chi connectivity index (χ4n) is 1.95. The zero-order valence-corrected chi connectivity index (χ0v) is 9.07. The molecule has 0 amide bonds. The summed E-state index contributed by atoms with van der Waals surface area (Å²) < 4.78 is 6.63. The SMILES string of the molecule is O=c1ccn(C[C@@H]2O[C@H](CO)[C@H]2CO)c(=O)[nH]1. The van der Waals surface area contributed by atoms with E-state index in [1.807, 2.05) is 0 Å². The van der Waals surface area contributed by atoms with Gasteiger partial charge in [0.15, 0.2) is 0 Å². The van der Waals surface area contributed by atoms with E-state index < -0.39 is 11.2 Å². The maximum Gasteiger partial charge on any atom is 0.328 e. The van der Waals surface area contributed by atoms with Crippen LogP contribution in [0, 0.1) is 5.92 Å². The van der Waals surface area contributed by atoms with Crippen molar-refractivity contribution in [2.24, 2.45) is 5.92 Å². The molecule has 1 fully saturated rings. The monoisotopic (exact) mass is 242 g/mol. The van der Waals surface area contributed by atoms with Crippen LogP contribution in [0.4, 0.5) is 0 Å². The van der Waals surface area contributed by atoms with Crippen LogP contribution in [0.25, 0.3) is 0 Å². The van der Waals surface area contributed by atoms with Crippen LogP contribution in [-0.4, -0.2) is 45.2 Å². The van der Waals surface area contributed by atoms with E-state index in [0.29, 0.717) is 0 Å². The van der Waals surface area contributed by atoms with Crippen molar-refractivity contribution in [2.45, 2.75) is 18.8 Å². The van der Waals surface area contributed by atoms with Crippen LogP contribution >= 0.6 is 0 Å². The molecule has 7 nitrogen and oxygen atoms in total. The molecule has 0 aromatic carbocycles. The number of hydrogen-bond acceptors (Lipinski definition) is 5. The number of aromatic amines is 1. The number of ether oxygens (including phenoxy) is 1. The van der Waals surface area contributed by atoms with Crippen molar-refractivity contribution in [1.29, 1.82) is 0 Å². The molecule has 7 heteroatoms. The Labute approximate surface area is 96.3 Å². The van der Waals surface area contributed by atoms with Gasteiger partial charge in [-0.15, -0.1) is 0 Å². The van der Waals surface area contributed by atoms with Gasteiger partial charge in [-0.1, -0.05) is 0 Å². The van der Waals surface area contributed by atoms with Gasteiger partial charge in [-0.2, -0.15) is 0 Å². The summed E-state index contributed by atoms with van der Waals surface area (Å²) in [6.45, 7) is -0.00636. The van der Waals surface area contributed by atoms with E-state index in [1.54, 1.807) is 0 Å². The van der Waals surface area contributed by atoms with Crippen molar-refractivity contribution >= 4 is 0 Å². The first-order valence-corrected chi connectivity index (χ1v) is 5.32. The van der Waals surface area contributed by atoms with E-state index >= 15 is 0 Å². The summed E-state index contributed by atoms with van der Waals surface area (Å²) in [6.07, 6.45) is 0.690. The van der Waals surface area contributed by atoms with E-state index in [1.165, 1.54) is 16.8 Å². The summed E-state index contributed by atoms with van der Waals surface area (Å²) in [5.41, 5.74) is -0.960. The van der Waals surface area contributed by atoms with E-state index in [4.69, 9.17) is 14.9 Å². The number of aliphatic hydroxyl groups is 2. The molecule has 0 radical (unpaired) electrons. The molecule has 1 aliphatic heterocycles. The highest BCUT2D eigenvalue weighted by atomic mass is 16.5. The molecule has 1 aromatic rings. The molecule has 2 heterocycles. The number of H-pyrrole nitrogens is 1. The standard InChI is InChI=1S/C10H14N2O5/c13-4-6-7(17-8(6)5-14)3-12-2-1-9(15)11-10(12)16/h1-2,6-8,13-14H,3-5H2,(H,11,15,16)/t6-,7-,8+/m0/s1. The van der Waals surface area contributed by atoms with Gasteiger partial charge in [0.2, 0.25) is 0 Å². The summed E-state index contributed by atoms with van der Waals surface area (Å²) >= 11 is 0. The molecule has 0 saturated carbocycles. The minimum Gasteiger partial charge on any atom is -0.396 e. The Morgan fingerprint density at radius 2 is 2.06 bits per heavy atom. The first-order chi connectivity index (χ1) is 8.15. The fourth-order valence-corrected chi connectivity index (χ4v) is 1.95. The average Bonchev–Trinajstić information content (AvgIpc) is 2.26. The summed E-state index contributed by atoms with van der Waals surface area (Å²) in [6, 6.07) is 1.25. The lowest BCUT2D eigenvalue weighted by molar-refractivity contribution is -0.214. The van der Waals surface area contributed by atoms with Gasteiger partial charge in [0.05, 0.1) is 32.0 Å². The van der Waals surface area contributed by atoms with E-state index in [9.17, 15) is 9.59 Å². The zero-order chi connectivity index (χ0) is 12.4. The van der Waals surface area contributed by atoms with Crippen molar-refractivity contribution in [2.75, 3.05) is 13.2 Å². The van der Waals surface area contributed by atoms with Crippen molar-refractivity contribution in [1.82, 2.24) is 9.55 Å². The Kier molecular flexibility index (Phi) is 3.41. The Hall–Kier alpha value is -1.44. The number of hydrogen-bond donors (Lipinski definition) is 3. The van der Waals surface area contributed by atoms with Crippen LogP contribution in [0.1, 0.15) is 0 Å². The zero-order valence-electron chi connectivity index (χ0n) is 9.07. The van der Waals surface area contributed by atoms with Crippen LogP contribution in [0.5, 0.6) is 0 Å². The van der Waals surface area contributed by atoms with Crippen LogP contribution in [-0.2, 0) is 11.3 Å². The van der Waals surface area contributed by atoms with E-state index in [0.717, 1.165) is 0 Å². The van der Waals surface area contributed by atoms with Gasteiger partial charge in [-0.05, 0) is 0 Å². The minimum absolute atomic E-state index is 0.103. The Morgan fingerprint density at radius 3 is 2.65 bits per heavy atom. The largest absolute Gasteiger partial charge is 0.396 e. The van der Waals surface area contributed by atoms with Crippen LogP contribution < -0.4 is 11.2 Å². The lowest BCUT2D eigenvalue weighted by Crippen LogP contribution is -2.55. The van der Waals surface area contributed by atoms with Crippen LogP contribution in [0.3, 0.4) is 0 Å². The summed E-state index contributed by atoms with van der Waals surface area (Å²) in [4.78, 5) is 24.4. The van der Waals surface area contributed by atoms with Gasteiger partial charge in [-0.3, -0.25) is 14.3 Å². The highest BCUT2D eigenvalue weighted by Gasteiger charge is 2.41. The van der Waals surface area contributed by atoms with E-state index in [2.05, 4.69) is 4.98 Å². The van der Waals surface area contributed by atoms with Crippen molar-refractivity contribution in [3.05, 3.63) is 33.1 Å². The Bertz CT molecular complexity index is 494. The normalized spacial score (nSPS) is 27.8. The second-order valence-corrected chi connectivity index (χ2v) is 4.00. The molecule has 0 spiro atoms. The molecule has 0 unspecified atom stereocenters. The van der Waals surface area contributed by atoms with Gasteiger partial charge in [0, 0.05) is 18.2 Å². The molecule has 0 bridgehead atoms. The molecule has 1 aromatic heterocycles. The van der Waals surface area contributed by atoms with Gasteiger partial charge in [0.25, 0.3) is 5.56 Å². The predicted molar refractivity (Wildman–Crippen MR) is 57.6 cm³/mol. The fraction of sp³-hybridized carbons (Fsp3) is 0.600. The van der Waals surface area contributed by atoms with Crippen LogP contribution in [0.2, 0.25) is 0 Å². The molecule has 1 saturated heterocycles. The second-order valence-electron chi connectivity index (χ2n) is 4.00. The van der Waals surface area contributed by atoms with Gasteiger partial charge >= 0.3 is 5.69 Å². The number of rotatable bonds is 4. The van der Waals surface area contributed by atoms with Gasteiger partial charge < -0.3 is 14.9 Å². The molecule has 2 rings (SSSR count). The number of aliphatic hydroxyl groups excluding tert-OH is 2. The predicted octanol–water partition coefficient (Wildman–Crippen LogP) is -2.10. The molecule has 1 aliphatic rings. The van der Waals surface area contributed by atoms with E-state index in [-0.39, 0.29) is 37.9 Å². The molecular weight excluding hydrogens is 228 g/mol. The second kappa shape index (κ2) is 4.82. The first-order valence-electron chi connectivity index (χ1n) is 5.32. The Balaban J connectivity index is 2.07. The van der Waals surface area contributed by atoms with Crippen molar-refractivity contribution in [3.63, 3.8) is 0 Å². The smallest absolute Gasteiger partial charge is 0.328 e. The summed E-state index contributed by atoms with van der Waals surface area (Å²) in [7, 11) is 0. The number of aromatic nitrogens is 2. The maximum atomic E-state index is 11.4. The highest BCUT2D eigenvalue weighted by molar-refractivity contribution is 4.90. The molecule has 3 atom stereocenters. The summed E-state index contributed by atoms with van der Waals surface area (Å²) in [5, 5.41) is 18.0. The summed E-state index contributed by atoms with van der Waals surface area (Å²) in [5.74, 6) is -0.182. The average molecular weight is 242 g/mol. The van der Waals surface area contributed by atoms with Gasteiger partial charge in [0.1, 0.15) is 0 Å². The van der Waals surface area contributed by atoms with Crippen LogP contribution in [0.15, 0.2) is 21.9 Å². The number of nitrogens with zero attached hydrogens (tertiary/aromatic N) is 1. The van der Waals surface area contributed by atoms with Crippen molar-refractivity contribution < 1.29 is 14.9 Å². The molecule has 94 valence electrons. The number of nitrogens with one attached hydrogen (secondary N) is 1. The highest BCUT2D eigenvalue weighted by Crippen LogP contribution is 2.28. The maximum absolute atomic E-state index is 11.4. The molecule has 0 aliphatic carbocycles. The quantitative estimate of drug-likeness (QED) is 0.561. The topological polar surface area (TPSA) is 105 Å². The first kappa shape index (κ1) is 12.0. The lowest BCUT2D eigenvalue weighted by Gasteiger charge is -2.43. The lowest BCUT2D eigenvalue weighted by atomic mass is 9.90. The third-order valence-electron chi connectivity index (χ3n) is 2.97. The third kappa shape index (κ3) is 2.31. The Morgan fingerprint density at radius 1 is 1.29 bits per heavy atom. The third-order valence-corrected chi connectivity index (χ3v) is 2.97.